The van der Waals surface area contributed by atoms with E-state index >= 15 is 0 Å². The second-order valence-corrected chi connectivity index (χ2v) is 15.5. The van der Waals surface area contributed by atoms with Gasteiger partial charge in [0.1, 0.15) is 22.8 Å². The van der Waals surface area contributed by atoms with Gasteiger partial charge in [-0.3, -0.25) is 28.9 Å². The molecule has 1 aliphatic carbocycles. The number of thiazole rings is 1. The van der Waals surface area contributed by atoms with Crippen molar-refractivity contribution in [3.63, 3.8) is 0 Å². The Morgan fingerprint density at radius 1 is 1.04 bits per heavy atom. The van der Waals surface area contributed by atoms with Crippen molar-refractivity contribution in [2.24, 2.45) is 17.8 Å². The number of likely N-dealkylation sites (N-methyl/N-ethyl adjacent to an activating group) is 3. The molecule has 1 saturated carbocycles. The molecular weight excluding hydrogens is 673 g/mol. The number of ether oxygens (including phenoxy) is 1. The lowest BCUT2D eigenvalue weighted by molar-refractivity contribution is -0.149. The van der Waals surface area contributed by atoms with Crippen molar-refractivity contribution in [1.82, 2.24) is 30.3 Å². The van der Waals surface area contributed by atoms with E-state index in [1.54, 1.807) is 24.3 Å². The highest BCUT2D eigenvalue weighted by atomic mass is 32.1. The number of carbonyl (C=O) groups excluding carboxylic acids is 4. The monoisotopic (exact) mass is 726 g/mol. The Labute approximate surface area is 305 Å². The van der Waals surface area contributed by atoms with Crippen molar-refractivity contribution in [2.75, 3.05) is 40.8 Å². The smallest absolute Gasteiger partial charge is 0.306 e. The van der Waals surface area contributed by atoms with Gasteiger partial charge in [0, 0.05) is 57.5 Å². The van der Waals surface area contributed by atoms with Crippen molar-refractivity contribution < 1.29 is 33.8 Å². The summed E-state index contributed by atoms with van der Waals surface area (Å²) in [6, 6.07) is 7.70. The average Bonchev–Trinajstić information content (AvgIpc) is 3.80. The molecule has 0 spiro atoms. The first-order valence-corrected chi connectivity index (χ1v) is 18.7. The maximum absolute atomic E-state index is 14.1. The number of piperazine rings is 1. The minimum atomic E-state index is -0.943. The molecule has 3 amide bonds. The molecule has 1 aliphatic heterocycles. The van der Waals surface area contributed by atoms with E-state index in [9.17, 15) is 29.1 Å². The summed E-state index contributed by atoms with van der Waals surface area (Å²) in [4.78, 5) is 75.3. The van der Waals surface area contributed by atoms with Crippen molar-refractivity contribution in [1.29, 1.82) is 0 Å². The van der Waals surface area contributed by atoms with Crippen molar-refractivity contribution in [3.8, 4) is 0 Å². The third-order valence-electron chi connectivity index (χ3n) is 9.94. The highest BCUT2D eigenvalue weighted by molar-refractivity contribution is 7.09. The number of carboxylic acid groups (broad SMARTS) is 1. The topological polar surface area (TPSA) is 161 Å². The third-order valence-corrected chi connectivity index (χ3v) is 10.9. The first-order valence-electron chi connectivity index (χ1n) is 17.8. The molecule has 1 aromatic heterocycles. The van der Waals surface area contributed by atoms with E-state index in [-0.39, 0.29) is 54.3 Å². The Kier molecular flexibility index (Phi) is 14.1. The van der Waals surface area contributed by atoms with Crippen LogP contribution in [0.25, 0.3) is 0 Å². The third kappa shape index (κ3) is 11.3. The number of nitrogens with one attached hydrogen (secondary N) is 2. The fourth-order valence-electron chi connectivity index (χ4n) is 6.65. The zero-order valence-corrected chi connectivity index (χ0v) is 31.7. The first-order chi connectivity index (χ1) is 24.1. The molecule has 280 valence electrons. The van der Waals surface area contributed by atoms with Crippen LogP contribution in [0.3, 0.4) is 0 Å². The molecule has 2 fully saturated rings. The molecule has 0 unspecified atom stereocenters. The van der Waals surface area contributed by atoms with E-state index in [2.05, 4.69) is 20.5 Å². The summed E-state index contributed by atoms with van der Waals surface area (Å²) in [6.45, 7) is 9.13. The van der Waals surface area contributed by atoms with Crippen LogP contribution in [0.1, 0.15) is 80.5 Å². The highest BCUT2D eigenvalue weighted by Gasteiger charge is 2.42. The summed E-state index contributed by atoms with van der Waals surface area (Å²) >= 11 is 1.19. The molecule has 51 heavy (non-hydrogen) atoms. The van der Waals surface area contributed by atoms with Crippen LogP contribution >= 0.6 is 11.3 Å². The molecule has 2 heterocycles. The Morgan fingerprint density at radius 3 is 2.33 bits per heavy atom. The average molecular weight is 727 g/mol. The van der Waals surface area contributed by atoms with Crippen LogP contribution in [-0.2, 0) is 30.3 Å². The van der Waals surface area contributed by atoms with Crippen LogP contribution in [0.2, 0.25) is 0 Å². The number of benzene rings is 1. The molecule has 2 aliphatic rings. The van der Waals surface area contributed by atoms with Gasteiger partial charge < -0.3 is 30.3 Å². The maximum Gasteiger partial charge on any atom is 0.306 e. The summed E-state index contributed by atoms with van der Waals surface area (Å²) < 4.78 is 5.76. The van der Waals surface area contributed by atoms with Gasteiger partial charge in [-0.1, -0.05) is 51.1 Å². The van der Waals surface area contributed by atoms with E-state index in [1.165, 1.54) is 18.3 Å². The van der Waals surface area contributed by atoms with Crippen LogP contribution < -0.4 is 10.6 Å². The molecule has 1 aromatic carbocycles. The minimum Gasteiger partial charge on any atom is -0.481 e. The number of carbonyl (C=O) groups is 5. The predicted octanol–water partition coefficient (Wildman–Crippen LogP) is 3.21. The summed E-state index contributed by atoms with van der Waals surface area (Å²) in [5.41, 5.74) is 1.10. The van der Waals surface area contributed by atoms with E-state index in [4.69, 9.17) is 4.74 Å². The number of amides is 3. The second-order valence-electron chi connectivity index (χ2n) is 14.6. The van der Waals surface area contributed by atoms with Crippen LogP contribution in [0.5, 0.6) is 0 Å². The lowest BCUT2D eigenvalue weighted by Gasteiger charge is -2.38. The zero-order valence-electron chi connectivity index (χ0n) is 30.8. The van der Waals surface area contributed by atoms with Gasteiger partial charge in [-0.15, -0.1) is 11.3 Å². The van der Waals surface area contributed by atoms with Gasteiger partial charge in [-0.25, -0.2) is 4.98 Å². The van der Waals surface area contributed by atoms with Gasteiger partial charge in [-0.05, 0) is 57.2 Å². The number of nitrogens with zero attached hydrogens (tertiary/aromatic N) is 4. The number of aromatic nitrogens is 1. The number of rotatable bonds is 17. The van der Waals surface area contributed by atoms with E-state index in [0.29, 0.717) is 18.0 Å². The molecule has 0 bridgehead atoms. The number of esters is 1. The standard InChI is InChI=1S/C37H54N6O7S/c1-22(2)29(43(7)36(47)32(26-13-14-26)40-34(46)30-20-41(5)15-16-42(30)6)19-31(50-24(4)44)35-39-28(21-51-35)33(45)38-27(17-23(3)37(48)49)18-25-11-9-8-10-12-25/h8-12,21-23,26-27,29-32H,13-20H2,1-7H3,(H,38,45)(H,40,46)(H,48,49)/t23-,27+,29+,30+,31+,32-/m0/s1. The Hall–Kier alpha value is -3.88. The maximum atomic E-state index is 14.1. The lowest BCUT2D eigenvalue weighted by Crippen LogP contribution is -2.60. The van der Waals surface area contributed by atoms with Crippen molar-refractivity contribution in [3.05, 3.63) is 52.0 Å². The molecule has 6 atom stereocenters. The Bertz CT molecular complexity index is 1520. The van der Waals surface area contributed by atoms with Gasteiger partial charge in [0.25, 0.3) is 5.91 Å². The van der Waals surface area contributed by atoms with Crippen molar-refractivity contribution >= 4 is 41.0 Å². The first kappa shape index (κ1) is 39.9. The van der Waals surface area contributed by atoms with E-state index in [1.807, 2.05) is 63.2 Å². The fraction of sp³-hybridized carbons (Fsp3) is 0.622. The molecule has 0 radical (unpaired) electrons. The molecule has 14 heteroatoms. The van der Waals surface area contributed by atoms with Gasteiger partial charge >= 0.3 is 11.9 Å². The largest absolute Gasteiger partial charge is 0.481 e. The molecular formula is C37H54N6O7S. The molecule has 13 nitrogen and oxygen atoms in total. The summed E-state index contributed by atoms with van der Waals surface area (Å²) in [6.07, 6.45) is 1.81. The van der Waals surface area contributed by atoms with E-state index < -0.39 is 42.0 Å². The quantitative estimate of drug-likeness (QED) is 0.207. The summed E-state index contributed by atoms with van der Waals surface area (Å²) in [7, 11) is 5.64. The summed E-state index contributed by atoms with van der Waals surface area (Å²) in [5, 5.41) is 17.6. The number of hydrogen-bond donors (Lipinski definition) is 3. The highest BCUT2D eigenvalue weighted by Crippen LogP contribution is 2.35. The SMILES string of the molecule is CC(=O)O[C@H](C[C@H](C(C)C)N(C)C(=O)[C@@H](NC(=O)[C@H]1CN(C)CCN1C)C1CC1)c1nc(C(=O)N[C@@H](Cc2ccccc2)C[C@H](C)C(=O)O)cs1. The van der Waals surface area contributed by atoms with Gasteiger partial charge in [0.15, 0.2) is 6.10 Å². The molecule has 4 rings (SSSR count). The number of carboxylic acids is 1. The van der Waals surface area contributed by atoms with Crippen LogP contribution in [-0.4, -0.2) is 119 Å². The predicted molar refractivity (Wildman–Crippen MR) is 194 cm³/mol. The van der Waals surface area contributed by atoms with Crippen LogP contribution in [0.4, 0.5) is 0 Å². The summed E-state index contributed by atoms with van der Waals surface area (Å²) in [5.74, 6) is -2.90. The Morgan fingerprint density at radius 2 is 1.73 bits per heavy atom. The van der Waals surface area contributed by atoms with Gasteiger partial charge in [0.2, 0.25) is 11.8 Å². The number of aliphatic carboxylic acids is 1. The molecule has 3 N–H and O–H groups in total. The van der Waals surface area contributed by atoms with Crippen LogP contribution in [0, 0.1) is 17.8 Å². The normalized spacial score (nSPS) is 19.7. The van der Waals surface area contributed by atoms with Gasteiger partial charge in [0.05, 0.1) is 5.92 Å². The second kappa shape index (κ2) is 18.1. The van der Waals surface area contributed by atoms with Crippen LogP contribution in [0.15, 0.2) is 35.7 Å². The van der Waals surface area contributed by atoms with Gasteiger partial charge in [-0.2, -0.15) is 0 Å². The zero-order chi connectivity index (χ0) is 37.4. The number of hydrogen-bond acceptors (Lipinski definition) is 10. The molecule has 2 aromatic rings. The van der Waals surface area contributed by atoms with E-state index in [0.717, 1.165) is 31.5 Å². The minimum absolute atomic E-state index is 0.0385. The van der Waals surface area contributed by atoms with Crippen molar-refractivity contribution in [2.45, 2.75) is 90.1 Å². The Balaban J connectivity index is 1.49. The lowest BCUT2D eigenvalue weighted by atomic mass is 9.95. The molecule has 1 saturated heterocycles. The fourth-order valence-corrected chi connectivity index (χ4v) is 7.49.